The number of alkyl halides is 2. The molecular weight excluding hydrogens is 397 g/mol. The van der Waals surface area contributed by atoms with Crippen LogP contribution in [-0.4, -0.2) is 40.3 Å². The Balaban J connectivity index is 1.55. The van der Waals surface area contributed by atoms with E-state index in [9.17, 15) is 22.8 Å². The van der Waals surface area contributed by atoms with E-state index in [1.165, 1.54) is 35.4 Å². The molecule has 0 bridgehead atoms. The van der Waals surface area contributed by atoms with Crippen LogP contribution in [-0.2, 0) is 4.79 Å². The van der Waals surface area contributed by atoms with Crippen molar-refractivity contribution in [3.05, 3.63) is 53.9 Å². The van der Waals surface area contributed by atoms with E-state index in [1.54, 1.807) is 13.0 Å². The first-order chi connectivity index (χ1) is 14.2. The summed E-state index contributed by atoms with van der Waals surface area (Å²) in [6.07, 6.45) is 0.618. The molecule has 1 aromatic carbocycles. The molecule has 30 heavy (non-hydrogen) atoms. The van der Waals surface area contributed by atoms with Gasteiger partial charge in [0.15, 0.2) is 0 Å². The maximum Gasteiger partial charge on any atom is 0.270 e. The molecular formula is C21H21F3N4O2. The standard InChI is InChI=1S/C21H21F3N4O2/c1-13-25-7-5-17(26-13)18(29)27-15-10-20(12-21(23,24)11-15)6-8-28(19(20)30)16-4-2-3-14(22)9-16/h2-5,7,9,15H,6,8,10-12H2,1H3,(H,27,29). The minimum atomic E-state index is -3.11. The first kappa shape index (κ1) is 20.3. The van der Waals surface area contributed by atoms with Gasteiger partial charge in [0.25, 0.3) is 11.8 Å². The molecule has 2 aliphatic rings. The van der Waals surface area contributed by atoms with Gasteiger partial charge in [-0.2, -0.15) is 0 Å². The highest BCUT2D eigenvalue weighted by molar-refractivity contribution is 6.00. The average Bonchev–Trinajstić information content (AvgIpc) is 2.95. The van der Waals surface area contributed by atoms with Crippen LogP contribution < -0.4 is 10.2 Å². The predicted molar refractivity (Wildman–Crippen MR) is 103 cm³/mol. The third kappa shape index (κ3) is 3.88. The molecule has 2 aromatic rings. The van der Waals surface area contributed by atoms with Gasteiger partial charge in [0.2, 0.25) is 5.91 Å². The highest BCUT2D eigenvalue weighted by Crippen LogP contribution is 2.51. The first-order valence-corrected chi connectivity index (χ1v) is 9.73. The van der Waals surface area contributed by atoms with Crippen LogP contribution in [0.3, 0.4) is 0 Å². The second-order valence-corrected chi connectivity index (χ2v) is 8.07. The van der Waals surface area contributed by atoms with Crippen molar-refractivity contribution in [1.82, 2.24) is 15.3 Å². The van der Waals surface area contributed by atoms with Gasteiger partial charge in [-0.05, 0) is 44.0 Å². The highest BCUT2D eigenvalue weighted by Gasteiger charge is 2.57. The maximum atomic E-state index is 14.6. The summed E-state index contributed by atoms with van der Waals surface area (Å²) in [5.41, 5.74) is -0.861. The summed E-state index contributed by atoms with van der Waals surface area (Å²) in [6, 6.07) is 6.06. The van der Waals surface area contributed by atoms with Gasteiger partial charge in [-0.1, -0.05) is 6.07 Å². The molecule has 1 N–H and O–H groups in total. The molecule has 2 unspecified atom stereocenters. The number of nitrogens with one attached hydrogen (secondary N) is 1. The summed E-state index contributed by atoms with van der Waals surface area (Å²) in [5.74, 6) is -4.24. The quantitative estimate of drug-likeness (QED) is 0.830. The number of aryl methyl sites for hydroxylation is 1. The van der Waals surface area contributed by atoms with Gasteiger partial charge in [-0.25, -0.2) is 23.1 Å². The first-order valence-electron chi connectivity index (χ1n) is 9.73. The molecule has 1 saturated heterocycles. The monoisotopic (exact) mass is 418 g/mol. The van der Waals surface area contributed by atoms with E-state index in [0.717, 1.165) is 0 Å². The Labute approximate surface area is 171 Å². The molecule has 1 saturated carbocycles. The van der Waals surface area contributed by atoms with Crippen molar-refractivity contribution in [2.24, 2.45) is 5.41 Å². The number of carbonyl (C=O) groups is 2. The second-order valence-electron chi connectivity index (χ2n) is 8.07. The molecule has 4 rings (SSSR count). The summed E-state index contributed by atoms with van der Waals surface area (Å²) < 4.78 is 42.8. The molecule has 2 amide bonds. The van der Waals surface area contributed by atoms with Crippen LogP contribution in [0.4, 0.5) is 18.9 Å². The van der Waals surface area contributed by atoms with Crippen LogP contribution in [0.25, 0.3) is 0 Å². The lowest BCUT2D eigenvalue weighted by molar-refractivity contribution is -0.140. The normalized spacial score (nSPS) is 25.5. The maximum absolute atomic E-state index is 14.6. The number of amides is 2. The lowest BCUT2D eigenvalue weighted by Gasteiger charge is -2.41. The van der Waals surface area contributed by atoms with Gasteiger partial charge >= 0.3 is 0 Å². The molecule has 2 atom stereocenters. The molecule has 6 nitrogen and oxygen atoms in total. The summed E-state index contributed by atoms with van der Waals surface area (Å²) in [6.45, 7) is 1.85. The Morgan fingerprint density at radius 2 is 2.07 bits per heavy atom. The number of benzene rings is 1. The van der Waals surface area contributed by atoms with Gasteiger partial charge in [-0.3, -0.25) is 9.59 Å². The van der Waals surface area contributed by atoms with Gasteiger partial charge in [-0.15, -0.1) is 0 Å². The zero-order valence-corrected chi connectivity index (χ0v) is 16.4. The zero-order chi connectivity index (χ0) is 21.5. The fourth-order valence-electron chi connectivity index (χ4n) is 4.55. The Kier molecular flexibility index (Phi) is 4.99. The largest absolute Gasteiger partial charge is 0.348 e. The number of carbonyl (C=O) groups excluding carboxylic acids is 2. The van der Waals surface area contributed by atoms with Crippen LogP contribution in [0, 0.1) is 18.2 Å². The highest BCUT2D eigenvalue weighted by atomic mass is 19.3. The summed E-state index contributed by atoms with van der Waals surface area (Å²) in [7, 11) is 0. The van der Waals surface area contributed by atoms with Crippen LogP contribution in [0.5, 0.6) is 0 Å². The SMILES string of the molecule is Cc1nccc(C(=O)NC2CC(F)(F)CC3(CCN(c4cccc(F)c4)C3=O)C2)n1. The Morgan fingerprint density at radius 3 is 2.80 bits per heavy atom. The lowest BCUT2D eigenvalue weighted by atomic mass is 9.69. The van der Waals surface area contributed by atoms with Gasteiger partial charge < -0.3 is 10.2 Å². The number of hydrogen-bond donors (Lipinski definition) is 1. The molecule has 2 heterocycles. The summed E-state index contributed by atoms with van der Waals surface area (Å²) in [5, 5.41) is 2.61. The molecule has 158 valence electrons. The van der Waals surface area contributed by atoms with Crippen molar-refractivity contribution in [1.29, 1.82) is 0 Å². The molecule has 1 aromatic heterocycles. The molecule has 0 radical (unpaired) electrons. The van der Waals surface area contributed by atoms with E-state index in [0.29, 0.717) is 11.5 Å². The average molecular weight is 418 g/mol. The Hall–Kier alpha value is -2.97. The Bertz CT molecular complexity index is 1000. The van der Waals surface area contributed by atoms with Crippen molar-refractivity contribution in [2.45, 2.75) is 44.6 Å². The molecule has 9 heteroatoms. The molecule has 2 fully saturated rings. The smallest absolute Gasteiger partial charge is 0.270 e. The molecule has 1 spiro atoms. The molecule has 1 aliphatic carbocycles. The second kappa shape index (κ2) is 7.37. The van der Waals surface area contributed by atoms with Crippen molar-refractivity contribution in [2.75, 3.05) is 11.4 Å². The van der Waals surface area contributed by atoms with Crippen molar-refractivity contribution in [3.8, 4) is 0 Å². The van der Waals surface area contributed by atoms with Crippen molar-refractivity contribution < 1.29 is 22.8 Å². The lowest BCUT2D eigenvalue weighted by Crippen LogP contribution is -2.52. The number of halogens is 3. The Morgan fingerprint density at radius 1 is 1.27 bits per heavy atom. The summed E-state index contributed by atoms with van der Waals surface area (Å²) in [4.78, 5) is 35.0. The van der Waals surface area contributed by atoms with E-state index < -0.39 is 47.9 Å². The van der Waals surface area contributed by atoms with Crippen LogP contribution in [0.2, 0.25) is 0 Å². The van der Waals surface area contributed by atoms with Crippen LogP contribution in [0.15, 0.2) is 36.5 Å². The minimum absolute atomic E-state index is 0.0876. The van der Waals surface area contributed by atoms with E-state index >= 15 is 0 Å². The van der Waals surface area contributed by atoms with E-state index in [1.807, 2.05) is 0 Å². The zero-order valence-electron chi connectivity index (χ0n) is 16.4. The number of aromatic nitrogens is 2. The summed E-state index contributed by atoms with van der Waals surface area (Å²) >= 11 is 0. The minimum Gasteiger partial charge on any atom is -0.348 e. The van der Waals surface area contributed by atoms with Gasteiger partial charge in [0, 0.05) is 37.3 Å². The van der Waals surface area contributed by atoms with E-state index in [-0.39, 0.29) is 25.1 Å². The van der Waals surface area contributed by atoms with Gasteiger partial charge in [0.05, 0.1) is 5.41 Å². The topological polar surface area (TPSA) is 75.2 Å². The third-order valence-corrected chi connectivity index (χ3v) is 5.76. The fourth-order valence-corrected chi connectivity index (χ4v) is 4.55. The number of anilines is 1. The van der Waals surface area contributed by atoms with Crippen LogP contribution in [0.1, 0.15) is 42.0 Å². The van der Waals surface area contributed by atoms with Gasteiger partial charge in [0.1, 0.15) is 17.3 Å². The van der Waals surface area contributed by atoms with Crippen molar-refractivity contribution in [3.63, 3.8) is 0 Å². The fraction of sp³-hybridized carbons (Fsp3) is 0.429. The molecule has 1 aliphatic heterocycles. The number of hydrogen-bond acceptors (Lipinski definition) is 4. The predicted octanol–water partition coefficient (Wildman–Crippen LogP) is 3.27. The van der Waals surface area contributed by atoms with E-state index in [2.05, 4.69) is 15.3 Å². The van der Waals surface area contributed by atoms with E-state index in [4.69, 9.17) is 0 Å². The number of nitrogens with zero attached hydrogens (tertiary/aromatic N) is 3. The number of rotatable bonds is 3. The van der Waals surface area contributed by atoms with Crippen molar-refractivity contribution >= 4 is 17.5 Å². The van der Waals surface area contributed by atoms with Crippen LogP contribution >= 0.6 is 0 Å². The third-order valence-electron chi connectivity index (χ3n) is 5.76.